The molecule has 2 aromatic carbocycles. The molecule has 1 unspecified atom stereocenters. The Balaban J connectivity index is 2.22. The Kier molecular flexibility index (Phi) is 4.40. The normalized spacial score (nSPS) is 17.4. The van der Waals surface area contributed by atoms with Crippen LogP contribution in [0.25, 0.3) is 10.8 Å². The number of hydrogen-bond donors (Lipinski definition) is 3. The summed E-state index contributed by atoms with van der Waals surface area (Å²) in [6.07, 6.45) is 0. The molecule has 0 bridgehead atoms. The van der Waals surface area contributed by atoms with Crippen LogP contribution in [0.4, 0.5) is 0 Å². The lowest BCUT2D eigenvalue weighted by Crippen LogP contribution is -2.45. The van der Waals surface area contributed by atoms with Crippen LogP contribution in [0.5, 0.6) is 5.75 Å². The Hall–Kier alpha value is -2.60. The average molecular weight is 342 g/mol. The van der Waals surface area contributed by atoms with Crippen molar-refractivity contribution in [3.63, 3.8) is 0 Å². The van der Waals surface area contributed by atoms with Gasteiger partial charge in [-0.2, -0.15) is 0 Å². The second kappa shape index (κ2) is 6.49. The molecule has 1 aliphatic heterocycles. The van der Waals surface area contributed by atoms with Gasteiger partial charge in [0.15, 0.2) is 5.11 Å². The maximum absolute atomic E-state index is 12.5. The second-order valence-corrected chi connectivity index (χ2v) is 5.92. The molecule has 3 N–H and O–H groups in total. The monoisotopic (exact) mass is 342 g/mol. The number of phenolic OH excluding ortho intramolecular Hbond substituents is 1. The van der Waals surface area contributed by atoms with Crippen molar-refractivity contribution in [2.75, 3.05) is 6.61 Å². The van der Waals surface area contributed by atoms with E-state index in [2.05, 4.69) is 10.6 Å². The number of hydrogen-bond acceptors (Lipinski definition) is 4. The van der Waals surface area contributed by atoms with Crippen LogP contribution in [0.15, 0.2) is 47.7 Å². The van der Waals surface area contributed by atoms with Gasteiger partial charge in [-0.25, -0.2) is 4.79 Å². The lowest BCUT2D eigenvalue weighted by Gasteiger charge is -2.30. The van der Waals surface area contributed by atoms with Gasteiger partial charge in [0.1, 0.15) is 5.75 Å². The van der Waals surface area contributed by atoms with E-state index in [0.717, 1.165) is 10.8 Å². The number of carbonyl (C=O) groups excluding carboxylic acids is 1. The number of allylic oxidation sites excluding steroid dienone is 1. The van der Waals surface area contributed by atoms with Gasteiger partial charge in [-0.15, -0.1) is 0 Å². The minimum absolute atomic E-state index is 0.102. The molecule has 0 aromatic heterocycles. The molecule has 24 heavy (non-hydrogen) atoms. The van der Waals surface area contributed by atoms with Gasteiger partial charge < -0.3 is 20.5 Å². The summed E-state index contributed by atoms with van der Waals surface area (Å²) in [5.41, 5.74) is 1.64. The number of esters is 1. The predicted octanol–water partition coefficient (Wildman–Crippen LogP) is 2.90. The number of carbonyl (C=O) groups is 1. The maximum Gasteiger partial charge on any atom is 0.338 e. The maximum atomic E-state index is 12.5. The minimum atomic E-state index is -0.580. The van der Waals surface area contributed by atoms with Crippen molar-refractivity contribution < 1.29 is 14.6 Å². The summed E-state index contributed by atoms with van der Waals surface area (Å²) < 4.78 is 5.19. The van der Waals surface area contributed by atoms with Crippen molar-refractivity contribution in [3.8, 4) is 5.75 Å². The zero-order valence-electron chi connectivity index (χ0n) is 13.4. The van der Waals surface area contributed by atoms with E-state index in [1.165, 1.54) is 0 Å². The summed E-state index contributed by atoms with van der Waals surface area (Å²) in [5, 5.41) is 18.8. The van der Waals surface area contributed by atoms with Crippen molar-refractivity contribution >= 4 is 34.1 Å². The van der Waals surface area contributed by atoms with Gasteiger partial charge in [-0.05, 0) is 42.9 Å². The van der Waals surface area contributed by atoms with E-state index < -0.39 is 12.0 Å². The first-order valence-electron chi connectivity index (χ1n) is 7.69. The zero-order chi connectivity index (χ0) is 17.3. The summed E-state index contributed by atoms with van der Waals surface area (Å²) in [4.78, 5) is 12.5. The molecule has 6 heteroatoms. The van der Waals surface area contributed by atoms with Gasteiger partial charge >= 0.3 is 5.97 Å². The molecule has 0 spiro atoms. The number of ether oxygens (including phenoxy) is 1. The molecule has 1 atom stereocenters. The molecule has 1 heterocycles. The van der Waals surface area contributed by atoms with Crippen molar-refractivity contribution in [1.29, 1.82) is 0 Å². The summed E-state index contributed by atoms with van der Waals surface area (Å²) in [6, 6.07) is 10.6. The molecule has 0 saturated heterocycles. The van der Waals surface area contributed by atoms with E-state index in [1.807, 2.05) is 30.3 Å². The number of rotatable bonds is 3. The highest BCUT2D eigenvalue weighted by Gasteiger charge is 2.33. The largest absolute Gasteiger partial charge is 0.508 e. The Labute approximate surface area is 145 Å². The molecule has 124 valence electrons. The molecule has 0 saturated carbocycles. The molecule has 3 rings (SSSR count). The van der Waals surface area contributed by atoms with Gasteiger partial charge in [0.25, 0.3) is 0 Å². The van der Waals surface area contributed by atoms with Crippen molar-refractivity contribution in [2.45, 2.75) is 19.9 Å². The van der Waals surface area contributed by atoms with Crippen molar-refractivity contribution in [1.82, 2.24) is 10.6 Å². The average Bonchev–Trinajstić information content (AvgIpc) is 2.54. The number of aromatic hydroxyl groups is 1. The zero-order valence-corrected chi connectivity index (χ0v) is 14.2. The Morgan fingerprint density at radius 2 is 2.04 bits per heavy atom. The fourth-order valence-electron chi connectivity index (χ4n) is 2.98. The van der Waals surface area contributed by atoms with Crippen LogP contribution in [-0.2, 0) is 9.53 Å². The van der Waals surface area contributed by atoms with Crippen LogP contribution < -0.4 is 10.6 Å². The van der Waals surface area contributed by atoms with Gasteiger partial charge in [-0.1, -0.05) is 30.3 Å². The molecule has 5 nitrogen and oxygen atoms in total. The number of thiocarbonyl (C=S) groups is 1. The summed E-state index contributed by atoms with van der Waals surface area (Å²) in [5.74, 6) is -0.333. The standard InChI is InChI=1S/C18H18N2O3S/c1-3-23-17(22)14-10(2)19-18(24)20-16(14)15-12-7-5-4-6-11(12)8-9-13(15)21/h4-9,16,21H,3H2,1-2H3,(H2,19,20,24). The van der Waals surface area contributed by atoms with Crippen LogP contribution in [0.2, 0.25) is 0 Å². The third kappa shape index (κ3) is 2.80. The lowest BCUT2D eigenvalue weighted by atomic mass is 9.91. The van der Waals surface area contributed by atoms with Crippen LogP contribution in [0.3, 0.4) is 0 Å². The van der Waals surface area contributed by atoms with Gasteiger partial charge in [-0.3, -0.25) is 0 Å². The Morgan fingerprint density at radius 1 is 1.29 bits per heavy atom. The van der Waals surface area contributed by atoms with E-state index in [4.69, 9.17) is 17.0 Å². The van der Waals surface area contributed by atoms with E-state index >= 15 is 0 Å². The van der Waals surface area contributed by atoms with Gasteiger partial charge in [0.2, 0.25) is 0 Å². The predicted molar refractivity (Wildman–Crippen MR) is 96.6 cm³/mol. The second-order valence-electron chi connectivity index (χ2n) is 5.51. The van der Waals surface area contributed by atoms with Crippen LogP contribution >= 0.6 is 12.2 Å². The SMILES string of the molecule is CCOC(=O)C1=C(C)NC(=S)NC1c1c(O)ccc2ccccc12. The molecule has 2 aromatic rings. The minimum Gasteiger partial charge on any atom is -0.508 e. The molecular formula is C18H18N2O3S. The highest BCUT2D eigenvalue weighted by molar-refractivity contribution is 7.80. The van der Waals surface area contributed by atoms with Crippen molar-refractivity contribution in [3.05, 3.63) is 53.2 Å². The molecule has 0 radical (unpaired) electrons. The van der Waals surface area contributed by atoms with E-state index in [9.17, 15) is 9.90 Å². The quantitative estimate of drug-likeness (QED) is 0.589. The first kappa shape index (κ1) is 16.3. The fraction of sp³-hybridized carbons (Fsp3) is 0.222. The van der Waals surface area contributed by atoms with Crippen molar-refractivity contribution in [2.24, 2.45) is 0 Å². The highest BCUT2D eigenvalue weighted by atomic mass is 32.1. The molecule has 0 amide bonds. The number of nitrogens with one attached hydrogen (secondary N) is 2. The Morgan fingerprint density at radius 3 is 2.79 bits per heavy atom. The fourth-order valence-corrected chi connectivity index (χ4v) is 3.25. The van der Waals surface area contributed by atoms with Gasteiger partial charge in [0, 0.05) is 11.3 Å². The van der Waals surface area contributed by atoms with Crippen LogP contribution in [0, 0.1) is 0 Å². The number of phenols is 1. The molecular weight excluding hydrogens is 324 g/mol. The first-order chi connectivity index (χ1) is 11.5. The third-order valence-corrected chi connectivity index (χ3v) is 4.22. The molecule has 0 fully saturated rings. The summed E-state index contributed by atoms with van der Waals surface area (Å²) in [7, 11) is 0. The topological polar surface area (TPSA) is 70.6 Å². The highest BCUT2D eigenvalue weighted by Crippen LogP contribution is 2.38. The van der Waals surface area contributed by atoms with Crippen LogP contribution in [0.1, 0.15) is 25.5 Å². The van der Waals surface area contributed by atoms with E-state index in [0.29, 0.717) is 21.9 Å². The smallest absolute Gasteiger partial charge is 0.338 e. The third-order valence-electron chi connectivity index (χ3n) is 4.00. The molecule has 1 aliphatic rings. The first-order valence-corrected chi connectivity index (χ1v) is 8.09. The lowest BCUT2D eigenvalue weighted by molar-refractivity contribution is -0.139. The van der Waals surface area contributed by atoms with E-state index in [1.54, 1.807) is 19.9 Å². The number of benzene rings is 2. The number of fused-ring (bicyclic) bond motifs is 1. The summed E-state index contributed by atoms with van der Waals surface area (Å²) in [6.45, 7) is 3.80. The van der Waals surface area contributed by atoms with Gasteiger partial charge in [0.05, 0.1) is 18.2 Å². The molecule has 0 aliphatic carbocycles. The van der Waals surface area contributed by atoms with E-state index in [-0.39, 0.29) is 12.4 Å². The summed E-state index contributed by atoms with van der Waals surface area (Å²) >= 11 is 5.24. The van der Waals surface area contributed by atoms with Crippen LogP contribution in [-0.4, -0.2) is 22.8 Å². The Bertz CT molecular complexity index is 860.